The van der Waals surface area contributed by atoms with Crippen LogP contribution in [0.5, 0.6) is 5.75 Å². The molecule has 2 heterocycles. The van der Waals surface area contributed by atoms with Crippen LogP contribution in [0.2, 0.25) is 0 Å². The monoisotopic (exact) mass is 335 g/mol. The van der Waals surface area contributed by atoms with Crippen LogP contribution in [0.4, 0.5) is 9.18 Å². The van der Waals surface area contributed by atoms with E-state index in [2.05, 4.69) is 10.2 Å². The topological polar surface area (TPSA) is 61.9 Å². The second kappa shape index (κ2) is 6.39. The zero-order chi connectivity index (χ0) is 17.3. The zero-order valence-electron chi connectivity index (χ0n) is 13.9. The predicted molar refractivity (Wildman–Crippen MR) is 86.2 cm³/mol. The van der Waals surface area contributed by atoms with Gasteiger partial charge in [0.25, 0.3) is 5.91 Å². The number of nitrogens with one attached hydrogen (secondary N) is 1. The van der Waals surface area contributed by atoms with Crippen molar-refractivity contribution in [3.8, 4) is 5.75 Å². The molecule has 0 saturated carbocycles. The average Bonchev–Trinajstić information content (AvgIpc) is 3.03. The normalized spacial score (nSPS) is 24.2. The molecule has 1 spiro atoms. The van der Waals surface area contributed by atoms with Gasteiger partial charge in [0.2, 0.25) is 0 Å². The second-order valence-corrected chi connectivity index (χ2v) is 6.59. The van der Waals surface area contributed by atoms with Gasteiger partial charge in [-0.15, -0.1) is 0 Å². The van der Waals surface area contributed by atoms with Crippen LogP contribution in [-0.4, -0.2) is 59.6 Å². The van der Waals surface area contributed by atoms with E-state index in [1.165, 1.54) is 11.0 Å². The Labute approximate surface area is 140 Å². The third kappa shape index (κ3) is 2.96. The SMILES string of the molecule is CC(C)N1C(=O)NC2(CCN(CCOc3ccccc3F)C2)C1=O. The maximum Gasteiger partial charge on any atom is 0.325 e. The summed E-state index contributed by atoms with van der Waals surface area (Å²) in [7, 11) is 0. The summed E-state index contributed by atoms with van der Waals surface area (Å²) in [4.78, 5) is 28.0. The molecule has 1 N–H and O–H groups in total. The van der Waals surface area contributed by atoms with Crippen molar-refractivity contribution in [3.63, 3.8) is 0 Å². The number of likely N-dealkylation sites (tertiary alicyclic amines) is 1. The van der Waals surface area contributed by atoms with Crippen LogP contribution >= 0.6 is 0 Å². The van der Waals surface area contributed by atoms with Crippen LogP contribution in [0.3, 0.4) is 0 Å². The third-order valence-corrected chi connectivity index (χ3v) is 4.56. The minimum absolute atomic E-state index is 0.153. The number of amides is 3. The van der Waals surface area contributed by atoms with Gasteiger partial charge in [0, 0.05) is 25.7 Å². The van der Waals surface area contributed by atoms with Crippen molar-refractivity contribution in [2.45, 2.75) is 31.8 Å². The molecule has 6 nitrogen and oxygen atoms in total. The molecule has 0 aliphatic carbocycles. The van der Waals surface area contributed by atoms with Gasteiger partial charge in [-0.25, -0.2) is 9.18 Å². The number of halogens is 1. The molecule has 2 saturated heterocycles. The van der Waals surface area contributed by atoms with Gasteiger partial charge in [0.1, 0.15) is 12.1 Å². The lowest BCUT2D eigenvalue weighted by atomic mass is 9.99. The summed E-state index contributed by atoms with van der Waals surface area (Å²) >= 11 is 0. The molecule has 24 heavy (non-hydrogen) atoms. The highest BCUT2D eigenvalue weighted by Gasteiger charge is 2.55. The zero-order valence-corrected chi connectivity index (χ0v) is 13.9. The number of imide groups is 1. The first-order chi connectivity index (χ1) is 11.4. The van der Waals surface area contributed by atoms with Gasteiger partial charge in [0.05, 0.1) is 0 Å². The van der Waals surface area contributed by atoms with Crippen LogP contribution in [0, 0.1) is 5.82 Å². The van der Waals surface area contributed by atoms with Gasteiger partial charge < -0.3 is 10.1 Å². The quantitative estimate of drug-likeness (QED) is 0.831. The largest absolute Gasteiger partial charge is 0.489 e. The summed E-state index contributed by atoms with van der Waals surface area (Å²) < 4.78 is 19.0. The minimum Gasteiger partial charge on any atom is -0.489 e. The number of hydrogen-bond acceptors (Lipinski definition) is 4. The van der Waals surface area contributed by atoms with E-state index in [0.717, 1.165) is 0 Å². The Morgan fingerprint density at radius 2 is 2.08 bits per heavy atom. The highest BCUT2D eigenvalue weighted by molar-refractivity contribution is 6.07. The minimum atomic E-state index is -0.820. The lowest BCUT2D eigenvalue weighted by molar-refractivity contribution is -0.132. The van der Waals surface area contributed by atoms with Crippen molar-refractivity contribution in [3.05, 3.63) is 30.1 Å². The maximum atomic E-state index is 13.5. The molecule has 0 radical (unpaired) electrons. The van der Waals surface area contributed by atoms with Gasteiger partial charge >= 0.3 is 6.03 Å². The number of hydrogen-bond donors (Lipinski definition) is 1. The Morgan fingerprint density at radius 3 is 2.75 bits per heavy atom. The molecule has 1 unspecified atom stereocenters. The molecule has 2 fully saturated rings. The van der Waals surface area contributed by atoms with E-state index in [1.807, 2.05) is 13.8 Å². The Balaban J connectivity index is 1.55. The number of nitrogens with zero attached hydrogens (tertiary/aromatic N) is 2. The van der Waals surface area contributed by atoms with Crippen LogP contribution < -0.4 is 10.1 Å². The number of ether oxygens (including phenoxy) is 1. The summed E-state index contributed by atoms with van der Waals surface area (Å²) in [5.74, 6) is -0.316. The van der Waals surface area contributed by atoms with Crippen LogP contribution in [0.25, 0.3) is 0 Å². The summed E-state index contributed by atoms with van der Waals surface area (Å²) in [6.45, 7) is 5.70. The molecule has 2 aliphatic rings. The Hall–Kier alpha value is -2.15. The average molecular weight is 335 g/mol. The Kier molecular flexibility index (Phi) is 4.45. The molecule has 130 valence electrons. The molecule has 0 bridgehead atoms. The number of benzene rings is 1. The third-order valence-electron chi connectivity index (χ3n) is 4.56. The standard InChI is InChI=1S/C17H22FN3O3/c1-12(2)21-15(22)17(19-16(21)23)7-8-20(11-17)9-10-24-14-6-4-3-5-13(14)18/h3-6,12H,7-11H2,1-2H3,(H,19,23). The number of carbonyl (C=O) groups is 2. The number of carbonyl (C=O) groups excluding carboxylic acids is 2. The number of para-hydroxylation sites is 1. The number of urea groups is 1. The van der Waals surface area contributed by atoms with Crippen molar-refractivity contribution < 1.29 is 18.7 Å². The molecule has 3 amide bonds. The van der Waals surface area contributed by atoms with Crippen molar-refractivity contribution in [2.75, 3.05) is 26.2 Å². The van der Waals surface area contributed by atoms with Gasteiger partial charge in [-0.3, -0.25) is 14.6 Å². The molecule has 2 aliphatic heterocycles. The fourth-order valence-corrected chi connectivity index (χ4v) is 3.31. The van der Waals surface area contributed by atoms with Gasteiger partial charge in [-0.1, -0.05) is 12.1 Å². The fraction of sp³-hybridized carbons (Fsp3) is 0.529. The van der Waals surface area contributed by atoms with Gasteiger partial charge in [-0.05, 0) is 32.4 Å². The highest BCUT2D eigenvalue weighted by Crippen LogP contribution is 2.29. The maximum absolute atomic E-state index is 13.5. The first-order valence-electron chi connectivity index (χ1n) is 8.18. The highest BCUT2D eigenvalue weighted by atomic mass is 19.1. The Morgan fingerprint density at radius 1 is 1.33 bits per heavy atom. The smallest absolute Gasteiger partial charge is 0.325 e. The second-order valence-electron chi connectivity index (χ2n) is 6.59. The van der Waals surface area contributed by atoms with E-state index < -0.39 is 5.54 Å². The Bertz CT molecular complexity index is 652. The van der Waals surface area contributed by atoms with E-state index in [4.69, 9.17) is 4.74 Å². The van der Waals surface area contributed by atoms with E-state index in [-0.39, 0.29) is 29.5 Å². The van der Waals surface area contributed by atoms with Crippen molar-refractivity contribution in [2.24, 2.45) is 0 Å². The van der Waals surface area contributed by atoms with E-state index in [1.54, 1.807) is 18.2 Å². The fourth-order valence-electron chi connectivity index (χ4n) is 3.31. The van der Waals surface area contributed by atoms with E-state index in [9.17, 15) is 14.0 Å². The summed E-state index contributed by atoms with van der Waals surface area (Å²) in [5.41, 5.74) is -0.820. The van der Waals surface area contributed by atoms with E-state index in [0.29, 0.717) is 32.7 Å². The van der Waals surface area contributed by atoms with Gasteiger partial charge in [0.15, 0.2) is 11.6 Å². The predicted octanol–water partition coefficient (Wildman–Crippen LogP) is 1.61. The first-order valence-corrected chi connectivity index (χ1v) is 8.18. The first kappa shape index (κ1) is 16.7. The molecule has 1 aromatic carbocycles. The molecule has 1 atom stereocenters. The van der Waals surface area contributed by atoms with Crippen LogP contribution in [-0.2, 0) is 4.79 Å². The van der Waals surface area contributed by atoms with Crippen LogP contribution in [0.1, 0.15) is 20.3 Å². The summed E-state index contributed by atoms with van der Waals surface area (Å²) in [6.07, 6.45) is 0.584. The van der Waals surface area contributed by atoms with Crippen molar-refractivity contribution in [1.29, 1.82) is 0 Å². The van der Waals surface area contributed by atoms with Crippen molar-refractivity contribution in [1.82, 2.24) is 15.1 Å². The van der Waals surface area contributed by atoms with Crippen molar-refractivity contribution >= 4 is 11.9 Å². The molecular weight excluding hydrogens is 313 g/mol. The molecule has 7 heteroatoms. The number of rotatable bonds is 5. The van der Waals surface area contributed by atoms with Crippen LogP contribution in [0.15, 0.2) is 24.3 Å². The lowest BCUT2D eigenvalue weighted by Gasteiger charge is -2.23. The van der Waals surface area contributed by atoms with Gasteiger partial charge in [-0.2, -0.15) is 0 Å². The molecule has 1 aromatic rings. The lowest BCUT2D eigenvalue weighted by Crippen LogP contribution is -2.49. The summed E-state index contributed by atoms with van der Waals surface area (Å²) in [6, 6.07) is 5.79. The molecular formula is C17H22FN3O3. The van der Waals surface area contributed by atoms with E-state index >= 15 is 0 Å². The summed E-state index contributed by atoms with van der Waals surface area (Å²) in [5, 5.41) is 2.85. The molecule has 0 aromatic heterocycles. The molecule has 3 rings (SSSR count).